The third-order valence-corrected chi connectivity index (χ3v) is 3.67. The number of hydrogen-bond acceptors (Lipinski definition) is 4. The van der Waals surface area contributed by atoms with Gasteiger partial charge in [-0.2, -0.15) is 5.21 Å². The Morgan fingerprint density at radius 1 is 1.53 bits per heavy atom. The fourth-order valence-electron chi connectivity index (χ4n) is 1.66. The summed E-state index contributed by atoms with van der Waals surface area (Å²) in [6.07, 6.45) is 0. The van der Waals surface area contributed by atoms with E-state index in [1.54, 1.807) is 16.0 Å². The van der Waals surface area contributed by atoms with Gasteiger partial charge in [0.2, 0.25) is 4.77 Å². The zero-order valence-corrected chi connectivity index (χ0v) is 10.4. The molecular formula is C9H12N4S2. The number of thiophene rings is 1. The maximum atomic E-state index is 5.07. The summed E-state index contributed by atoms with van der Waals surface area (Å²) >= 11 is 6.87. The van der Waals surface area contributed by atoms with Crippen LogP contribution in [0.1, 0.15) is 28.3 Å². The van der Waals surface area contributed by atoms with Crippen molar-refractivity contribution in [3.05, 3.63) is 26.2 Å². The SMILES string of the molecule is Cc1cc(C(C)n2[nH]nnc2=S)c(C)s1. The molecule has 80 valence electrons. The number of rotatable bonds is 2. The smallest absolute Gasteiger partial charge is 0.235 e. The first-order valence-electron chi connectivity index (χ1n) is 4.66. The predicted molar refractivity (Wildman–Crippen MR) is 62.8 cm³/mol. The first kappa shape index (κ1) is 10.5. The Morgan fingerprint density at radius 2 is 2.27 bits per heavy atom. The average Bonchev–Trinajstić information content (AvgIpc) is 2.71. The zero-order valence-electron chi connectivity index (χ0n) is 8.81. The molecule has 0 radical (unpaired) electrons. The van der Waals surface area contributed by atoms with Gasteiger partial charge in [-0.3, -0.25) is 0 Å². The van der Waals surface area contributed by atoms with E-state index < -0.39 is 0 Å². The van der Waals surface area contributed by atoms with Gasteiger partial charge in [-0.25, -0.2) is 4.68 Å². The van der Waals surface area contributed by atoms with Crippen molar-refractivity contribution in [2.24, 2.45) is 0 Å². The van der Waals surface area contributed by atoms with Crippen LogP contribution in [-0.2, 0) is 0 Å². The van der Waals surface area contributed by atoms with E-state index in [1.165, 1.54) is 15.3 Å². The van der Waals surface area contributed by atoms with Gasteiger partial charge in [-0.1, -0.05) is 10.3 Å². The summed E-state index contributed by atoms with van der Waals surface area (Å²) < 4.78 is 2.29. The van der Waals surface area contributed by atoms with Gasteiger partial charge in [-0.15, -0.1) is 11.3 Å². The third-order valence-electron chi connectivity index (χ3n) is 2.41. The molecule has 2 heterocycles. The molecule has 15 heavy (non-hydrogen) atoms. The number of aromatic amines is 1. The second-order valence-corrected chi connectivity index (χ2v) is 5.32. The molecular weight excluding hydrogens is 228 g/mol. The van der Waals surface area contributed by atoms with Crippen LogP contribution < -0.4 is 0 Å². The van der Waals surface area contributed by atoms with Crippen molar-refractivity contribution >= 4 is 23.6 Å². The molecule has 0 aliphatic carbocycles. The Morgan fingerprint density at radius 3 is 2.73 bits per heavy atom. The second kappa shape index (κ2) is 3.86. The largest absolute Gasteiger partial charge is 0.238 e. The predicted octanol–water partition coefficient (Wildman–Crippen LogP) is 2.62. The van der Waals surface area contributed by atoms with Crippen molar-refractivity contribution in [2.75, 3.05) is 0 Å². The number of tetrazole rings is 1. The molecule has 0 bridgehead atoms. The molecule has 1 N–H and O–H groups in total. The molecule has 6 heteroatoms. The Balaban J connectivity index is 2.45. The maximum Gasteiger partial charge on any atom is 0.238 e. The van der Waals surface area contributed by atoms with Gasteiger partial charge in [0.25, 0.3) is 0 Å². The fourth-order valence-corrected chi connectivity index (χ4v) is 2.92. The molecule has 0 aromatic carbocycles. The minimum atomic E-state index is 0.164. The van der Waals surface area contributed by atoms with Crippen LogP contribution in [0, 0.1) is 18.6 Å². The first-order chi connectivity index (χ1) is 7.09. The normalized spacial score (nSPS) is 13.0. The van der Waals surface area contributed by atoms with Gasteiger partial charge >= 0.3 is 0 Å². The van der Waals surface area contributed by atoms with Gasteiger partial charge in [0.05, 0.1) is 6.04 Å². The fraction of sp³-hybridized carbons (Fsp3) is 0.444. The summed E-state index contributed by atoms with van der Waals surface area (Å²) in [7, 11) is 0. The first-order valence-corrected chi connectivity index (χ1v) is 5.88. The number of nitrogens with zero attached hydrogens (tertiary/aromatic N) is 3. The molecule has 0 saturated carbocycles. The van der Waals surface area contributed by atoms with Crippen LogP contribution in [0.5, 0.6) is 0 Å². The van der Waals surface area contributed by atoms with Gasteiger partial charge in [0.1, 0.15) is 0 Å². The number of hydrogen-bond donors (Lipinski definition) is 1. The molecule has 2 rings (SSSR count). The van der Waals surface area contributed by atoms with Crippen molar-refractivity contribution in [3.63, 3.8) is 0 Å². The molecule has 4 nitrogen and oxygen atoms in total. The van der Waals surface area contributed by atoms with E-state index in [2.05, 4.69) is 42.4 Å². The third kappa shape index (κ3) is 1.87. The molecule has 0 aliphatic heterocycles. The monoisotopic (exact) mass is 240 g/mol. The van der Waals surface area contributed by atoms with Crippen LogP contribution >= 0.6 is 23.6 Å². The maximum absolute atomic E-state index is 5.07. The summed E-state index contributed by atoms with van der Waals surface area (Å²) in [6.45, 7) is 6.32. The van der Waals surface area contributed by atoms with Gasteiger partial charge in [-0.05, 0) is 44.6 Å². The molecule has 0 aliphatic rings. The average molecular weight is 240 g/mol. The molecule has 0 fully saturated rings. The van der Waals surface area contributed by atoms with Crippen molar-refractivity contribution in [2.45, 2.75) is 26.8 Å². The van der Waals surface area contributed by atoms with E-state index in [1.807, 2.05) is 0 Å². The molecule has 0 amide bonds. The Hall–Kier alpha value is -1.01. The lowest BCUT2D eigenvalue weighted by Gasteiger charge is -2.10. The quantitative estimate of drug-likeness (QED) is 0.821. The van der Waals surface area contributed by atoms with E-state index in [0.717, 1.165) is 0 Å². The van der Waals surface area contributed by atoms with Crippen LogP contribution in [0.15, 0.2) is 6.07 Å². The van der Waals surface area contributed by atoms with Crippen molar-refractivity contribution in [1.82, 2.24) is 20.2 Å². The lowest BCUT2D eigenvalue weighted by atomic mass is 10.1. The topological polar surface area (TPSA) is 46.5 Å². The number of nitrogens with one attached hydrogen (secondary N) is 1. The Bertz CT molecular complexity index is 522. The van der Waals surface area contributed by atoms with E-state index in [-0.39, 0.29) is 6.04 Å². The Kier molecular flexibility index (Phi) is 2.70. The summed E-state index contributed by atoms with van der Waals surface area (Å²) in [4.78, 5) is 2.63. The molecule has 2 aromatic rings. The van der Waals surface area contributed by atoms with Gasteiger partial charge in [0, 0.05) is 9.75 Å². The Labute approximate surface area is 96.9 Å². The van der Waals surface area contributed by atoms with Crippen LogP contribution in [0.2, 0.25) is 0 Å². The molecule has 0 spiro atoms. The molecule has 1 unspecified atom stereocenters. The summed E-state index contributed by atoms with van der Waals surface area (Å²) in [5, 5.41) is 10.3. The highest BCUT2D eigenvalue weighted by Crippen LogP contribution is 2.27. The molecule has 0 saturated heterocycles. The molecule has 2 aromatic heterocycles. The van der Waals surface area contributed by atoms with E-state index in [4.69, 9.17) is 12.2 Å². The van der Waals surface area contributed by atoms with Gasteiger partial charge in [0.15, 0.2) is 0 Å². The summed E-state index contributed by atoms with van der Waals surface area (Å²) in [5.74, 6) is 0. The van der Waals surface area contributed by atoms with Gasteiger partial charge < -0.3 is 0 Å². The van der Waals surface area contributed by atoms with Crippen LogP contribution in [0.3, 0.4) is 0 Å². The zero-order chi connectivity index (χ0) is 11.0. The van der Waals surface area contributed by atoms with Crippen LogP contribution in [0.4, 0.5) is 0 Å². The standard InChI is InChI=1S/C9H12N4S2/c1-5-4-8(7(3)15-5)6(2)13-9(14)10-11-12-13/h4,6H,1-3H3,(H,10,12,14). The highest BCUT2D eigenvalue weighted by Gasteiger charge is 2.14. The van der Waals surface area contributed by atoms with E-state index in [9.17, 15) is 0 Å². The lowest BCUT2D eigenvalue weighted by Crippen LogP contribution is -2.09. The van der Waals surface area contributed by atoms with Crippen molar-refractivity contribution in [3.8, 4) is 0 Å². The minimum absolute atomic E-state index is 0.164. The number of aromatic nitrogens is 4. The summed E-state index contributed by atoms with van der Waals surface area (Å²) in [5.41, 5.74) is 1.28. The van der Waals surface area contributed by atoms with E-state index >= 15 is 0 Å². The molecule has 1 atom stereocenters. The highest BCUT2D eigenvalue weighted by molar-refractivity contribution is 7.71. The highest BCUT2D eigenvalue weighted by atomic mass is 32.1. The summed E-state index contributed by atoms with van der Waals surface area (Å²) in [6, 6.07) is 2.35. The number of H-pyrrole nitrogens is 1. The van der Waals surface area contributed by atoms with Crippen molar-refractivity contribution in [1.29, 1.82) is 0 Å². The van der Waals surface area contributed by atoms with E-state index in [0.29, 0.717) is 4.77 Å². The number of aryl methyl sites for hydroxylation is 2. The second-order valence-electron chi connectivity index (χ2n) is 3.50. The lowest BCUT2D eigenvalue weighted by molar-refractivity contribution is 0.537. The van der Waals surface area contributed by atoms with Crippen LogP contribution in [-0.4, -0.2) is 20.2 Å². The minimum Gasteiger partial charge on any atom is -0.235 e. The van der Waals surface area contributed by atoms with Crippen LogP contribution in [0.25, 0.3) is 0 Å². The van der Waals surface area contributed by atoms with Crippen molar-refractivity contribution < 1.29 is 0 Å².